The molecule has 3 aromatic heterocycles. The molecule has 23 heavy (non-hydrogen) atoms. The molecular weight excluding hydrogens is 339 g/mol. The van der Waals surface area contributed by atoms with Crippen molar-refractivity contribution in [3.05, 3.63) is 46.1 Å². The summed E-state index contributed by atoms with van der Waals surface area (Å²) >= 11 is 12.2. The Morgan fingerprint density at radius 2 is 2.22 bits per heavy atom. The van der Waals surface area contributed by atoms with Crippen molar-refractivity contribution in [2.45, 2.75) is 12.6 Å². The van der Waals surface area contributed by atoms with E-state index >= 15 is 0 Å². The van der Waals surface area contributed by atoms with Gasteiger partial charge in [-0.15, -0.1) is 5.10 Å². The lowest BCUT2D eigenvalue weighted by molar-refractivity contribution is 0.0756. The van der Waals surface area contributed by atoms with E-state index in [9.17, 15) is 0 Å². The van der Waals surface area contributed by atoms with Crippen LogP contribution in [0.2, 0.25) is 10.0 Å². The lowest BCUT2D eigenvalue weighted by Gasteiger charge is -2.21. The monoisotopic (exact) mass is 352 g/mol. The summed E-state index contributed by atoms with van der Waals surface area (Å²) in [4.78, 5) is 4.51. The average Bonchev–Trinajstić information content (AvgIpc) is 3.15. The molecule has 0 saturated carbocycles. The number of halogens is 2. The highest BCUT2D eigenvalue weighted by atomic mass is 35.5. The molecule has 4 heterocycles. The molecule has 1 aliphatic heterocycles. The molecule has 1 N–H and O–H groups in total. The van der Waals surface area contributed by atoms with Gasteiger partial charge in [0.15, 0.2) is 5.65 Å². The fourth-order valence-electron chi connectivity index (χ4n) is 2.62. The Morgan fingerprint density at radius 3 is 3.04 bits per heavy atom. The van der Waals surface area contributed by atoms with Crippen molar-refractivity contribution in [1.29, 1.82) is 0 Å². The second-order valence-corrected chi connectivity index (χ2v) is 6.24. The quantitative estimate of drug-likeness (QED) is 0.779. The van der Waals surface area contributed by atoms with Crippen molar-refractivity contribution in [1.82, 2.24) is 29.7 Å². The van der Waals surface area contributed by atoms with Gasteiger partial charge in [0.25, 0.3) is 0 Å². The number of fused-ring (bicyclic) bond motifs is 1. The number of morpholine rings is 1. The third-order valence-electron chi connectivity index (χ3n) is 3.68. The molecule has 0 amide bonds. The van der Waals surface area contributed by atoms with Gasteiger partial charge >= 0.3 is 0 Å². The van der Waals surface area contributed by atoms with Crippen LogP contribution in [0.4, 0.5) is 0 Å². The normalized spacial score (nSPS) is 18.6. The Balaban J connectivity index is 1.56. The van der Waals surface area contributed by atoms with Crippen LogP contribution in [0.5, 0.6) is 0 Å². The third kappa shape index (κ3) is 3.05. The number of ether oxygens (including phenoxy) is 1. The minimum Gasteiger partial charge on any atom is -0.378 e. The number of aromatic nitrogens is 5. The molecule has 7 nitrogen and oxygen atoms in total. The second kappa shape index (κ2) is 6.09. The van der Waals surface area contributed by atoms with Crippen molar-refractivity contribution in [3.63, 3.8) is 0 Å². The van der Waals surface area contributed by atoms with Crippen LogP contribution in [0.25, 0.3) is 5.65 Å². The van der Waals surface area contributed by atoms with Gasteiger partial charge in [0, 0.05) is 18.9 Å². The summed E-state index contributed by atoms with van der Waals surface area (Å²) in [6, 6.07) is 1.77. The van der Waals surface area contributed by atoms with Gasteiger partial charge < -0.3 is 14.5 Å². The van der Waals surface area contributed by atoms with E-state index in [0.29, 0.717) is 28.8 Å². The van der Waals surface area contributed by atoms with Crippen molar-refractivity contribution in [2.24, 2.45) is 0 Å². The summed E-state index contributed by atoms with van der Waals surface area (Å²) in [5.74, 6) is 0. The summed E-state index contributed by atoms with van der Waals surface area (Å²) in [6.07, 6.45) is 5.57. The Labute approximate surface area is 142 Å². The third-order valence-corrected chi connectivity index (χ3v) is 4.17. The van der Waals surface area contributed by atoms with Crippen LogP contribution < -0.4 is 5.32 Å². The highest BCUT2D eigenvalue weighted by Crippen LogP contribution is 2.22. The van der Waals surface area contributed by atoms with Gasteiger partial charge in [-0.25, -0.2) is 9.67 Å². The molecule has 3 aromatic rings. The van der Waals surface area contributed by atoms with Gasteiger partial charge in [0.2, 0.25) is 0 Å². The molecule has 1 unspecified atom stereocenters. The van der Waals surface area contributed by atoms with E-state index in [1.54, 1.807) is 16.9 Å². The molecule has 0 bridgehead atoms. The zero-order valence-corrected chi connectivity index (χ0v) is 13.6. The summed E-state index contributed by atoms with van der Waals surface area (Å²) in [5.41, 5.74) is 2.38. The van der Waals surface area contributed by atoms with E-state index in [4.69, 9.17) is 27.9 Å². The van der Waals surface area contributed by atoms with Crippen LogP contribution in [0.3, 0.4) is 0 Å². The number of nitrogens with zero attached hydrogens (tertiary/aromatic N) is 5. The second-order valence-electron chi connectivity index (χ2n) is 5.39. The van der Waals surface area contributed by atoms with Crippen molar-refractivity contribution in [3.8, 4) is 0 Å². The van der Waals surface area contributed by atoms with Crippen LogP contribution in [-0.4, -0.2) is 44.1 Å². The van der Waals surface area contributed by atoms with Crippen molar-refractivity contribution in [2.75, 3.05) is 19.8 Å². The van der Waals surface area contributed by atoms with Gasteiger partial charge in [-0.05, 0) is 6.07 Å². The predicted molar refractivity (Wildman–Crippen MR) is 85.9 cm³/mol. The van der Waals surface area contributed by atoms with Crippen LogP contribution >= 0.6 is 23.2 Å². The smallest absolute Gasteiger partial charge is 0.156 e. The van der Waals surface area contributed by atoms with E-state index in [1.807, 2.05) is 16.8 Å². The number of rotatable bonds is 3. The first kappa shape index (κ1) is 14.9. The maximum Gasteiger partial charge on any atom is 0.156 e. The molecule has 0 aromatic carbocycles. The largest absolute Gasteiger partial charge is 0.378 e. The van der Waals surface area contributed by atoms with Gasteiger partial charge in [-0.2, -0.15) is 0 Å². The molecule has 0 spiro atoms. The Bertz CT molecular complexity index is 839. The minimum atomic E-state index is 0.0896. The maximum absolute atomic E-state index is 6.16. The highest BCUT2D eigenvalue weighted by Gasteiger charge is 2.18. The fourth-order valence-corrected chi connectivity index (χ4v) is 3.15. The van der Waals surface area contributed by atoms with E-state index < -0.39 is 0 Å². The Hall–Kier alpha value is -1.67. The number of nitrogens with one attached hydrogen (secondary N) is 1. The van der Waals surface area contributed by atoms with Gasteiger partial charge in [-0.3, -0.25) is 0 Å². The number of pyridine rings is 1. The molecule has 4 rings (SSSR count). The first-order chi connectivity index (χ1) is 11.2. The van der Waals surface area contributed by atoms with Crippen molar-refractivity contribution < 1.29 is 4.74 Å². The molecule has 1 fully saturated rings. The number of imidazole rings is 1. The maximum atomic E-state index is 6.16. The van der Waals surface area contributed by atoms with E-state index in [-0.39, 0.29) is 6.04 Å². The zero-order chi connectivity index (χ0) is 15.8. The highest BCUT2D eigenvalue weighted by molar-refractivity contribution is 6.36. The molecule has 9 heteroatoms. The van der Waals surface area contributed by atoms with Gasteiger partial charge in [0.05, 0.1) is 47.7 Å². The van der Waals surface area contributed by atoms with E-state index in [1.165, 1.54) is 0 Å². The molecule has 1 aliphatic rings. The fraction of sp³-hybridized carbons (Fsp3) is 0.357. The average molecular weight is 353 g/mol. The molecular formula is C14H14Cl2N6O. The molecule has 0 aliphatic carbocycles. The lowest BCUT2D eigenvalue weighted by Crippen LogP contribution is -2.34. The van der Waals surface area contributed by atoms with Gasteiger partial charge in [0.1, 0.15) is 5.69 Å². The van der Waals surface area contributed by atoms with Crippen molar-refractivity contribution >= 4 is 28.8 Å². The summed E-state index contributed by atoms with van der Waals surface area (Å²) in [5, 5.41) is 12.8. The molecule has 120 valence electrons. The Kier molecular flexibility index (Phi) is 3.94. The summed E-state index contributed by atoms with van der Waals surface area (Å²) in [7, 11) is 0. The Morgan fingerprint density at radius 1 is 1.30 bits per heavy atom. The van der Waals surface area contributed by atoms with Gasteiger partial charge in [-0.1, -0.05) is 28.4 Å². The number of hydrogen-bond donors (Lipinski definition) is 1. The predicted octanol–water partition coefficient (Wildman–Crippen LogP) is 1.94. The van der Waals surface area contributed by atoms with E-state index in [2.05, 4.69) is 20.6 Å². The summed E-state index contributed by atoms with van der Waals surface area (Å²) < 4.78 is 9.01. The molecule has 1 saturated heterocycles. The lowest BCUT2D eigenvalue weighted by atomic mass is 10.2. The molecule has 0 radical (unpaired) electrons. The zero-order valence-electron chi connectivity index (χ0n) is 12.1. The molecule has 1 atom stereocenters. The SMILES string of the molecule is Clc1cc(Cl)c2nc(Cn3cc(C4COCCN4)nn3)cn2c1. The first-order valence-electron chi connectivity index (χ1n) is 7.23. The van der Waals surface area contributed by atoms with E-state index in [0.717, 1.165) is 24.5 Å². The topological polar surface area (TPSA) is 69.3 Å². The van der Waals surface area contributed by atoms with Crippen LogP contribution in [0.1, 0.15) is 17.4 Å². The van der Waals surface area contributed by atoms with Crippen LogP contribution in [0, 0.1) is 0 Å². The number of hydrogen-bond acceptors (Lipinski definition) is 5. The minimum absolute atomic E-state index is 0.0896. The van der Waals surface area contributed by atoms with Crippen LogP contribution in [0.15, 0.2) is 24.7 Å². The standard InChI is InChI=1S/C14H14Cl2N6O/c15-9-3-11(16)14-18-10(5-21(14)4-9)6-22-7-12(19-20-22)13-8-23-2-1-17-13/h3-5,7,13,17H,1-2,6,8H2. The van der Waals surface area contributed by atoms with Crippen LogP contribution in [-0.2, 0) is 11.3 Å². The first-order valence-corrected chi connectivity index (χ1v) is 7.98. The summed E-state index contributed by atoms with van der Waals surface area (Å²) in [6.45, 7) is 2.68.